The molecule has 5 rings (SSSR count). The average molecular weight is 409 g/mol. The van der Waals surface area contributed by atoms with Crippen LogP contribution in [0.2, 0.25) is 5.02 Å². The zero-order chi connectivity index (χ0) is 19.8. The molecule has 1 unspecified atom stereocenters. The second-order valence-electron chi connectivity index (χ2n) is 6.91. The summed E-state index contributed by atoms with van der Waals surface area (Å²) in [5, 5.41) is 1.52. The van der Waals surface area contributed by atoms with E-state index in [9.17, 15) is 4.79 Å². The van der Waals surface area contributed by atoms with Crippen LogP contribution in [0.25, 0.3) is 21.9 Å². The van der Waals surface area contributed by atoms with Crippen molar-refractivity contribution in [3.63, 3.8) is 0 Å². The van der Waals surface area contributed by atoms with Gasteiger partial charge < -0.3 is 18.6 Å². The van der Waals surface area contributed by atoms with Crippen molar-refractivity contribution in [2.45, 2.75) is 12.7 Å². The Bertz CT molecular complexity index is 1260. The number of para-hydroxylation sites is 1. The molecule has 0 amide bonds. The second kappa shape index (κ2) is 7.43. The smallest absolute Gasteiger partial charge is 0.204 e. The molecule has 1 fully saturated rings. The van der Waals surface area contributed by atoms with Crippen LogP contribution in [0.1, 0.15) is 5.56 Å². The van der Waals surface area contributed by atoms with Crippen LogP contribution >= 0.6 is 11.6 Å². The number of epoxide rings is 1. The van der Waals surface area contributed by atoms with E-state index in [0.717, 1.165) is 5.56 Å². The van der Waals surface area contributed by atoms with Crippen molar-refractivity contribution in [2.75, 3.05) is 13.2 Å². The summed E-state index contributed by atoms with van der Waals surface area (Å²) in [4.78, 5) is 13.1. The SMILES string of the molecule is O=c1c2ccccc2oc2cc(OCC3CO3)cc(OCc3cccc(Cl)c3)c12. The van der Waals surface area contributed by atoms with Gasteiger partial charge in [-0.15, -0.1) is 0 Å². The normalized spacial score (nSPS) is 15.6. The van der Waals surface area contributed by atoms with Crippen molar-refractivity contribution in [3.05, 3.63) is 81.5 Å². The van der Waals surface area contributed by atoms with Gasteiger partial charge in [-0.1, -0.05) is 35.9 Å². The Morgan fingerprint density at radius 2 is 1.86 bits per heavy atom. The summed E-state index contributed by atoms with van der Waals surface area (Å²) in [6.07, 6.45) is 0.116. The van der Waals surface area contributed by atoms with Gasteiger partial charge in [-0.3, -0.25) is 4.79 Å². The summed E-state index contributed by atoms with van der Waals surface area (Å²) < 4.78 is 23.0. The van der Waals surface area contributed by atoms with Gasteiger partial charge in [0.25, 0.3) is 0 Å². The number of rotatable bonds is 6. The highest BCUT2D eigenvalue weighted by atomic mass is 35.5. The zero-order valence-corrected chi connectivity index (χ0v) is 16.1. The van der Waals surface area contributed by atoms with Gasteiger partial charge in [0.15, 0.2) is 0 Å². The highest BCUT2D eigenvalue weighted by molar-refractivity contribution is 6.30. The molecule has 1 aliphatic rings. The van der Waals surface area contributed by atoms with Crippen LogP contribution in [-0.4, -0.2) is 19.3 Å². The number of fused-ring (bicyclic) bond motifs is 2. The number of hydrogen-bond acceptors (Lipinski definition) is 5. The van der Waals surface area contributed by atoms with E-state index in [1.165, 1.54) is 0 Å². The van der Waals surface area contributed by atoms with Gasteiger partial charge in [-0.05, 0) is 29.8 Å². The summed E-state index contributed by atoms with van der Waals surface area (Å²) in [7, 11) is 0. The maximum absolute atomic E-state index is 13.1. The fraction of sp³-hybridized carbons (Fsp3) is 0.174. The molecule has 29 heavy (non-hydrogen) atoms. The van der Waals surface area contributed by atoms with E-state index in [4.69, 9.17) is 30.2 Å². The van der Waals surface area contributed by atoms with E-state index >= 15 is 0 Å². The first-order chi connectivity index (χ1) is 14.2. The van der Waals surface area contributed by atoms with E-state index in [1.54, 1.807) is 30.3 Å². The van der Waals surface area contributed by atoms with Crippen LogP contribution in [0, 0.1) is 0 Å². The van der Waals surface area contributed by atoms with Gasteiger partial charge in [0, 0.05) is 17.2 Å². The van der Waals surface area contributed by atoms with E-state index in [-0.39, 0.29) is 18.1 Å². The Morgan fingerprint density at radius 1 is 1.00 bits per heavy atom. The second-order valence-corrected chi connectivity index (χ2v) is 7.34. The Labute approximate surface area is 171 Å². The van der Waals surface area contributed by atoms with Gasteiger partial charge in [-0.25, -0.2) is 0 Å². The molecular weight excluding hydrogens is 392 g/mol. The summed E-state index contributed by atoms with van der Waals surface area (Å²) in [6, 6.07) is 18.0. The molecule has 4 aromatic rings. The van der Waals surface area contributed by atoms with Gasteiger partial charge in [0.1, 0.15) is 47.4 Å². The molecule has 0 aliphatic carbocycles. The van der Waals surface area contributed by atoms with Gasteiger partial charge in [0.05, 0.1) is 12.0 Å². The highest BCUT2D eigenvalue weighted by Gasteiger charge is 2.24. The van der Waals surface area contributed by atoms with Crippen molar-refractivity contribution >= 4 is 33.5 Å². The Kier molecular flexibility index (Phi) is 4.62. The minimum Gasteiger partial charge on any atom is -0.491 e. The minimum absolute atomic E-state index is 0.116. The van der Waals surface area contributed by atoms with Crippen LogP contribution in [0.4, 0.5) is 0 Å². The van der Waals surface area contributed by atoms with Gasteiger partial charge >= 0.3 is 0 Å². The largest absolute Gasteiger partial charge is 0.491 e. The van der Waals surface area contributed by atoms with Crippen LogP contribution < -0.4 is 14.9 Å². The maximum Gasteiger partial charge on any atom is 0.204 e. The van der Waals surface area contributed by atoms with Crippen molar-refractivity contribution in [1.82, 2.24) is 0 Å². The third kappa shape index (κ3) is 3.79. The van der Waals surface area contributed by atoms with Crippen LogP contribution in [0.15, 0.2) is 69.9 Å². The summed E-state index contributed by atoms with van der Waals surface area (Å²) in [5.41, 5.74) is 1.70. The predicted octanol–water partition coefficient (Wildman–Crippen LogP) is 4.96. The third-order valence-corrected chi connectivity index (χ3v) is 4.97. The minimum atomic E-state index is -0.139. The molecule has 0 bridgehead atoms. The lowest BCUT2D eigenvalue weighted by Gasteiger charge is -2.13. The molecule has 0 radical (unpaired) electrons. The number of hydrogen-bond donors (Lipinski definition) is 0. The molecule has 0 spiro atoms. The average Bonchev–Trinajstić information content (AvgIpc) is 3.55. The number of ether oxygens (including phenoxy) is 3. The first-order valence-corrected chi connectivity index (χ1v) is 9.66. The van der Waals surface area contributed by atoms with Crippen LogP contribution in [0.3, 0.4) is 0 Å². The van der Waals surface area contributed by atoms with Crippen molar-refractivity contribution in [3.8, 4) is 11.5 Å². The standard InChI is InChI=1S/C23H17ClO5/c24-15-5-3-4-14(8-15)11-28-20-9-16(26-12-17-13-27-17)10-21-22(20)23(25)18-6-1-2-7-19(18)29-21/h1-10,17H,11-13H2. The molecule has 1 aromatic heterocycles. The topological polar surface area (TPSA) is 61.2 Å². The monoisotopic (exact) mass is 408 g/mol. The molecule has 1 atom stereocenters. The molecule has 1 saturated heterocycles. The van der Waals surface area contributed by atoms with Crippen molar-refractivity contribution in [1.29, 1.82) is 0 Å². The lowest BCUT2D eigenvalue weighted by atomic mass is 10.1. The molecular formula is C23H17ClO5. The zero-order valence-electron chi connectivity index (χ0n) is 15.4. The van der Waals surface area contributed by atoms with Crippen LogP contribution in [-0.2, 0) is 11.3 Å². The Balaban J connectivity index is 1.59. The molecule has 5 nitrogen and oxygen atoms in total. The molecule has 0 saturated carbocycles. The molecule has 0 N–H and O–H groups in total. The Morgan fingerprint density at radius 3 is 2.69 bits per heavy atom. The maximum atomic E-state index is 13.1. The predicted molar refractivity (Wildman–Crippen MR) is 111 cm³/mol. The quantitative estimate of drug-likeness (QED) is 0.333. The highest BCUT2D eigenvalue weighted by Crippen LogP contribution is 2.32. The van der Waals surface area contributed by atoms with Gasteiger partial charge in [-0.2, -0.15) is 0 Å². The summed E-state index contributed by atoms with van der Waals surface area (Å²) in [6.45, 7) is 1.40. The first-order valence-electron chi connectivity index (χ1n) is 9.28. The molecule has 1 aliphatic heterocycles. The van der Waals surface area contributed by atoms with Crippen LogP contribution in [0.5, 0.6) is 11.5 Å². The molecule has 6 heteroatoms. The van der Waals surface area contributed by atoms with Crippen molar-refractivity contribution < 1.29 is 18.6 Å². The fourth-order valence-corrected chi connectivity index (χ4v) is 3.42. The lowest BCUT2D eigenvalue weighted by molar-refractivity contribution is 0.260. The van der Waals surface area contributed by atoms with Crippen molar-refractivity contribution in [2.24, 2.45) is 0 Å². The van der Waals surface area contributed by atoms with Gasteiger partial charge in [0.2, 0.25) is 5.43 Å². The van der Waals surface area contributed by atoms with E-state index in [0.29, 0.717) is 51.7 Å². The van der Waals surface area contributed by atoms with E-state index < -0.39 is 0 Å². The Hall–Kier alpha value is -3.02. The number of benzene rings is 3. The molecule has 2 heterocycles. The summed E-state index contributed by atoms with van der Waals surface area (Å²) >= 11 is 6.06. The molecule has 146 valence electrons. The molecule has 3 aromatic carbocycles. The summed E-state index contributed by atoms with van der Waals surface area (Å²) in [5.74, 6) is 0.973. The fourth-order valence-electron chi connectivity index (χ4n) is 3.20. The third-order valence-electron chi connectivity index (χ3n) is 4.74. The lowest BCUT2D eigenvalue weighted by Crippen LogP contribution is -2.08. The first kappa shape index (κ1) is 18.0. The number of halogens is 1. The van der Waals surface area contributed by atoms with E-state index in [1.807, 2.05) is 30.3 Å². The van der Waals surface area contributed by atoms with E-state index in [2.05, 4.69) is 0 Å².